The summed E-state index contributed by atoms with van der Waals surface area (Å²) in [7, 11) is -1.84. The number of nitrogens with zero attached hydrogens (tertiary/aromatic N) is 2. The largest absolute Gasteiger partial charge is 0.341 e. The van der Waals surface area contributed by atoms with Gasteiger partial charge in [0.2, 0.25) is 10.0 Å². The second kappa shape index (κ2) is 11.9. The number of anilines is 1. The van der Waals surface area contributed by atoms with Crippen LogP contribution in [0.25, 0.3) is 0 Å². The molecule has 3 aromatic rings. The zero-order valence-electron chi connectivity index (χ0n) is 23.1. The van der Waals surface area contributed by atoms with Crippen LogP contribution in [-0.2, 0) is 15.4 Å². The van der Waals surface area contributed by atoms with Crippen LogP contribution in [-0.4, -0.2) is 58.2 Å². The topological polar surface area (TPSA) is 69.7 Å². The van der Waals surface area contributed by atoms with Gasteiger partial charge in [0.25, 0.3) is 5.91 Å². The Bertz CT molecular complexity index is 1530. The molecule has 0 aromatic heterocycles. The molecule has 2 aliphatic heterocycles. The molecule has 0 radical (unpaired) electrons. The SMILES string of the molecule is CN(C[C@@H](CCC1N(S(C)(=O)=O)c2ccccc2C12CCNCC2)c1ccc(Cl)c(Cl)c1)C(=O)c1ccc(F)cc1. The summed E-state index contributed by atoms with van der Waals surface area (Å²) in [6, 6.07) is 18.6. The van der Waals surface area contributed by atoms with E-state index in [0.717, 1.165) is 42.7 Å². The summed E-state index contributed by atoms with van der Waals surface area (Å²) in [6.45, 7) is 1.99. The number of fused-ring (bicyclic) bond motifs is 2. The second-order valence-corrected chi connectivity index (χ2v) is 13.8. The zero-order chi connectivity index (χ0) is 29.4. The lowest BCUT2D eigenvalue weighted by Crippen LogP contribution is -2.52. The van der Waals surface area contributed by atoms with E-state index >= 15 is 0 Å². The molecule has 5 rings (SSSR count). The highest BCUT2D eigenvalue weighted by Gasteiger charge is 2.53. The monoisotopic (exact) mass is 617 g/mol. The van der Waals surface area contributed by atoms with E-state index < -0.39 is 15.8 Å². The molecule has 2 atom stereocenters. The maximum absolute atomic E-state index is 13.5. The summed E-state index contributed by atoms with van der Waals surface area (Å²) in [5.41, 5.74) is 2.86. The van der Waals surface area contributed by atoms with Gasteiger partial charge in [-0.05, 0) is 92.4 Å². The first kappa shape index (κ1) is 29.8. The lowest BCUT2D eigenvalue weighted by atomic mass is 9.68. The van der Waals surface area contributed by atoms with Crippen LogP contribution in [0.5, 0.6) is 0 Å². The molecule has 1 spiro atoms. The summed E-state index contributed by atoms with van der Waals surface area (Å²) < 4.78 is 41.7. The maximum Gasteiger partial charge on any atom is 0.253 e. The number of piperidine rings is 1. The molecular formula is C31H34Cl2FN3O3S. The van der Waals surface area contributed by atoms with E-state index in [2.05, 4.69) is 11.4 Å². The van der Waals surface area contributed by atoms with Crippen molar-refractivity contribution in [2.24, 2.45) is 0 Å². The van der Waals surface area contributed by atoms with Crippen molar-refractivity contribution in [3.63, 3.8) is 0 Å². The molecular weight excluding hydrogens is 584 g/mol. The van der Waals surface area contributed by atoms with Crippen LogP contribution in [0.15, 0.2) is 66.7 Å². The smallest absolute Gasteiger partial charge is 0.253 e. The summed E-state index contributed by atoms with van der Waals surface area (Å²) in [6.07, 6.45) is 4.15. The van der Waals surface area contributed by atoms with E-state index in [9.17, 15) is 17.6 Å². The molecule has 1 amide bonds. The number of likely N-dealkylation sites (N-methyl/N-ethyl adjacent to an activating group) is 1. The molecule has 0 bridgehead atoms. The fourth-order valence-corrected chi connectivity index (χ4v) is 8.25. The van der Waals surface area contributed by atoms with E-state index in [-0.39, 0.29) is 23.3 Å². The van der Waals surface area contributed by atoms with Gasteiger partial charge in [-0.25, -0.2) is 12.8 Å². The van der Waals surface area contributed by atoms with Crippen LogP contribution < -0.4 is 9.62 Å². The van der Waals surface area contributed by atoms with Gasteiger partial charge in [0, 0.05) is 30.5 Å². The third-order valence-corrected chi connectivity index (χ3v) is 10.5. The van der Waals surface area contributed by atoms with Gasteiger partial charge in [-0.3, -0.25) is 9.10 Å². The molecule has 6 nitrogen and oxygen atoms in total. The van der Waals surface area contributed by atoms with Crippen LogP contribution >= 0.6 is 23.2 Å². The van der Waals surface area contributed by atoms with Gasteiger partial charge in [-0.15, -0.1) is 0 Å². The Morgan fingerprint density at radius 3 is 2.41 bits per heavy atom. The fourth-order valence-electron chi connectivity index (χ4n) is 6.65. The van der Waals surface area contributed by atoms with Crippen molar-refractivity contribution < 1.29 is 17.6 Å². The molecule has 10 heteroatoms. The Hall–Kier alpha value is -2.65. The van der Waals surface area contributed by atoms with Crippen LogP contribution in [0.4, 0.5) is 10.1 Å². The van der Waals surface area contributed by atoms with Crippen molar-refractivity contribution in [2.45, 2.75) is 43.1 Å². The third-order valence-electron chi connectivity index (χ3n) is 8.59. The highest BCUT2D eigenvalue weighted by Crippen LogP contribution is 2.53. The van der Waals surface area contributed by atoms with Gasteiger partial charge in [-0.2, -0.15) is 0 Å². The summed E-state index contributed by atoms with van der Waals surface area (Å²) in [5.74, 6) is -0.781. The molecule has 218 valence electrons. The van der Waals surface area contributed by atoms with Crippen LogP contribution in [0.3, 0.4) is 0 Å². The number of rotatable bonds is 8. The van der Waals surface area contributed by atoms with Gasteiger partial charge < -0.3 is 10.2 Å². The van der Waals surface area contributed by atoms with Crippen molar-refractivity contribution in [2.75, 3.05) is 37.2 Å². The first-order chi connectivity index (χ1) is 19.5. The lowest BCUT2D eigenvalue weighted by molar-refractivity contribution is 0.0783. The average Bonchev–Trinajstić information content (AvgIpc) is 3.22. The number of halogens is 3. The van der Waals surface area contributed by atoms with Crippen LogP contribution in [0.2, 0.25) is 10.0 Å². The van der Waals surface area contributed by atoms with Crippen molar-refractivity contribution in [3.05, 3.63) is 99.3 Å². The van der Waals surface area contributed by atoms with Crippen LogP contribution in [0.1, 0.15) is 53.1 Å². The first-order valence-corrected chi connectivity index (χ1v) is 16.4. The normalized spacial score (nSPS) is 18.8. The summed E-state index contributed by atoms with van der Waals surface area (Å²) >= 11 is 12.6. The maximum atomic E-state index is 13.5. The van der Waals surface area contributed by atoms with Crippen molar-refractivity contribution in [1.82, 2.24) is 10.2 Å². The number of benzene rings is 3. The molecule has 1 unspecified atom stereocenters. The third kappa shape index (κ3) is 5.98. The van der Waals surface area contributed by atoms with Gasteiger partial charge in [0.1, 0.15) is 5.82 Å². The number of amides is 1. The average molecular weight is 619 g/mol. The molecule has 2 aliphatic rings. The molecule has 2 heterocycles. The second-order valence-electron chi connectivity index (χ2n) is 11.1. The van der Waals surface area contributed by atoms with Crippen molar-refractivity contribution >= 4 is 44.8 Å². The van der Waals surface area contributed by atoms with Crippen LogP contribution in [0, 0.1) is 5.82 Å². The minimum Gasteiger partial charge on any atom is -0.341 e. The van der Waals surface area contributed by atoms with Gasteiger partial charge in [0.15, 0.2) is 0 Å². The number of carbonyl (C=O) groups excluding carboxylic acids is 1. The molecule has 0 aliphatic carbocycles. The standard InChI is InChI=1S/C31H34Cl2FN3O3S/c1-36(30(38)21-7-11-24(34)12-8-21)20-23(22-9-13-26(32)27(33)19-22)10-14-29-31(15-17-35-18-16-31)25-5-3-4-6-28(25)37(29)41(2,39)40/h3-9,11-13,19,23,29,35H,10,14-18,20H2,1-2H3/t23-,29?/m1/s1. The Kier molecular flexibility index (Phi) is 8.67. The number of para-hydroxylation sites is 1. The number of nitrogens with one attached hydrogen (secondary N) is 1. The summed E-state index contributed by atoms with van der Waals surface area (Å²) in [5, 5.41) is 4.29. The van der Waals surface area contributed by atoms with Crippen molar-refractivity contribution in [1.29, 1.82) is 0 Å². The minimum atomic E-state index is -3.56. The molecule has 41 heavy (non-hydrogen) atoms. The highest BCUT2D eigenvalue weighted by molar-refractivity contribution is 7.92. The molecule has 1 saturated heterocycles. The number of hydrogen-bond donors (Lipinski definition) is 1. The van der Waals surface area contributed by atoms with E-state index in [1.54, 1.807) is 22.3 Å². The van der Waals surface area contributed by atoms with Crippen molar-refractivity contribution in [3.8, 4) is 0 Å². The van der Waals surface area contributed by atoms with Gasteiger partial charge >= 0.3 is 0 Å². The fraction of sp³-hybridized carbons (Fsp3) is 0.387. The van der Waals surface area contributed by atoms with Gasteiger partial charge in [-0.1, -0.05) is 47.5 Å². The first-order valence-electron chi connectivity index (χ1n) is 13.8. The number of sulfonamides is 1. The molecule has 1 N–H and O–H groups in total. The van der Waals surface area contributed by atoms with E-state index in [1.807, 2.05) is 30.3 Å². The summed E-state index contributed by atoms with van der Waals surface area (Å²) in [4.78, 5) is 14.9. The predicted octanol–water partition coefficient (Wildman–Crippen LogP) is 6.24. The van der Waals surface area contributed by atoms with E-state index in [4.69, 9.17) is 23.2 Å². The Morgan fingerprint density at radius 2 is 1.76 bits per heavy atom. The van der Waals surface area contributed by atoms with Gasteiger partial charge in [0.05, 0.1) is 28.0 Å². The van der Waals surface area contributed by atoms with E-state index in [1.165, 1.54) is 30.5 Å². The Labute approximate surface area is 251 Å². The lowest BCUT2D eigenvalue weighted by Gasteiger charge is -2.42. The minimum absolute atomic E-state index is 0.150. The molecule has 1 fully saturated rings. The Balaban J connectivity index is 1.48. The number of hydrogen-bond acceptors (Lipinski definition) is 4. The van der Waals surface area contributed by atoms with E-state index in [0.29, 0.717) is 35.0 Å². The molecule has 3 aromatic carbocycles. The Morgan fingerprint density at radius 1 is 1.07 bits per heavy atom. The highest BCUT2D eigenvalue weighted by atomic mass is 35.5. The molecule has 0 saturated carbocycles. The quantitative estimate of drug-likeness (QED) is 0.325. The number of carbonyl (C=O) groups is 1. The zero-order valence-corrected chi connectivity index (χ0v) is 25.4. The predicted molar refractivity (Wildman–Crippen MR) is 163 cm³/mol.